The van der Waals surface area contributed by atoms with Crippen LogP contribution in [-0.2, 0) is 4.79 Å². The number of hydrogen-bond donors (Lipinski definition) is 2. The van der Waals surface area contributed by atoms with Crippen molar-refractivity contribution in [3.63, 3.8) is 0 Å². The zero-order valence-corrected chi connectivity index (χ0v) is 11.2. The summed E-state index contributed by atoms with van der Waals surface area (Å²) >= 11 is 0. The molecule has 0 aromatic carbocycles. The number of hydrogen-bond acceptors (Lipinski definition) is 2. The van der Waals surface area contributed by atoms with Crippen molar-refractivity contribution in [1.82, 2.24) is 5.32 Å². The lowest BCUT2D eigenvalue weighted by Crippen LogP contribution is -2.51. The smallest absolute Gasteiger partial charge is 0.220 e. The first kappa shape index (κ1) is 15.7. The van der Waals surface area contributed by atoms with Gasteiger partial charge in [-0.1, -0.05) is 26.7 Å². The maximum atomic E-state index is 11.7. The molecule has 0 atom stereocenters. The Bertz CT molecular complexity index is 213. The molecule has 1 aliphatic rings. The van der Waals surface area contributed by atoms with Crippen LogP contribution in [0.4, 0.5) is 0 Å². The molecule has 3 nitrogen and oxygen atoms in total. The summed E-state index contributed by atoms with van der Waals surface area (Å²) in [7, 11) is 0. The largest absolute Gasteiger partial charge is 0.349 e. The van der Waals surface area contributed by atoms with Gasteiger partial charge in [-0.3, -0.25) is 4.79 Å². The van der Waals surface area contributed by atoms with E-state index in [4.69, 9.17) is 5.73 Å². The SMILES string of the molecule is CC(C)CCC(=O)NC1(CN)CCCC1.Cl. The monoisotopic (exact) mass is 248 g/mol. The molecule has 1 aliphatic carbocycles. The minimum Gasteiger partial charge on any atom is -0.349 e. The topological polar surface area (TPSA) is 55.1 Å². The minimum atomic E-state index is -0.0753. The average molecular weight is 249 g/mol. The van der Waals surface area contributed by atoms with Crippen LogP contribution in [0, 0.1) is 5.92 Å². The highest BCUT2D eigenvalue weighted by Crippen LogP contribution is 2.28. The van der Waals surface area contributed by atoms with E-state index in [-0.39, 0.29) is 23.9 Å². The van der Waals surface area contributed by atoms with E-state index in [9.17, 15) is 4.79 Å². The second-order valence-corrected chi connectivity index (χ2v) is 5.17. The number of carbonyl (C=O) groups excluding carboxylic acids is 1. The van der Waals surface area contributed by atoms with Crippen LogP contribution in [-0.4, -0.2) is 18.0 Å². The number of carbonyl (C=O) groups is 1. The van der Waals surface area contributed by atoms with Crippen LogP contribution in [0.25, 0.3) is 0 Å². The summed E-state index contributed by atoms with van der Waals surface area (Å²) in [6.07, 6.45) is 6.10. The molecule has 0 aromatic heterocycles. The van der Waals surface area contributed by atoms with Crippen molar-refractivity contribution in [2.45, 2.75) is 57.9 Å². The Kier molecular flexibility index (Phi) is 7.00. The van der Waals surface area contributed by atoms with Crippen LogP contribution in [0.1, 0.15) is 52.4 Å². The molecule has 1 saturated carbocycles. The quantitative estimate of drug-likeness (QED) is 0.784. The van der Waals surface area contributed by atoms with Crippen molar-refractivity contribution in [1.29, 1.82) is 0 Å². The van der Waals surface area contributed by atoms with Crippen LogP contribution in [0.5, 0.6) is 0 Å². The summed E-state index contributed by atoms with van der Waals surface area (Å²) in [4.78, 5) is 11.7. The van der Waals surface area contributed by atoms with Crippen molar-refractivity contribution in [3.05, 3.63) is 0 Å². The number of halogens is 1. The first-order valence-electron chi connectivity index (χ1n) is 6.09. The normalized spacial score (nSPS) is 18.2. The maximum Gasteiger partial charge on any atom is 0.220 e. The van der Waals surface area contributed by atoms with Gasteiger partial charge in [0, 0.05) is 13.0 Å². The second-order valence-electron chi connectivity index (χ2n) is 5.17. The predicted molar refractivity (Wildman–Crippen MR) is 69.7 cm³/mol. The molecule has 0 saturated heterocycles. The van der Waals surface area contributed by atoms with Gasteiger partial charge in [-0.15, -0.1) is 12.4 Å². The summed E-state index contributed by atoms with van der Waals surface area (Å²) in [5.41, 5.74) is 5.68. The highest BCUT2D eigenvalue weighted by atomic mass is 35.5. The van der Waals surface area contributed by atoms with Crippen LogP contribution in [0.2, 0.25) is 0 Å². The van der Waals surface area contributed by atoms with Crippen LogP contribution in [0.3, 0.4) is 0 Å². The van der Waals surface area contributed by atoms with E-state index in [1.54, 1.807) is 0 Å². The third-order valence-corrected chi connectivity index (χ3v) is 3.30. The second kappa shape index (κ2) is 7.13. The standard InChI is InChI=1S/C12H24N2O.ClH/c1-10(2)5-6-11(15)14-12(9-13)7-3-4-8-12;/h10H,3-9,13H2,1-2H3,(H,14,15);1H. The lowest BCUT2D eigenvalue weighted by molar-refractivity contribution is -0.123. The van der Waals surface area contributed by atoms with Crippen molar-refractivity contribution in [2.24, 2.45) is 11.7 Å². The fourth-order valence-electron chi connectivity index (χ4n) is 2.21. The van der Waals surface area contributed by atoms with Crippen LogP contribution < -0.4 is 11.1 Å². The molecule has 1 rings (SSSR count). The molecule has 0 spiro atoms. The van der Waals surface area contributed by atoms with Gasteiger partial charge < -0.3 is 11.1 Å². The van der Waals surface area contributed by atoms with Gasteiger partial charge in [0.2, 0.25) is 5.91 Å². The number of nitrogens with one attached hydrogen (secondary N) is 1. The molecule has 16 heavy (non-hydrogen) atoms. The Morgan fingerprint density at radius 2 is 1.94 bits per heavy atom. The molecule has 0 bridgehead atoms. The van der Waals surface area contributed by atoms with Crippen molar-refractivity contribution < 1.29 is 4.79 Å². The van der Waals surface area contributed by atoms with Gasteiger partial charge in [-0.2, -0.15) is 0 Å². The van der Waals surface area contributed by atoms with E-state index in [0.717, 1.165) is 19.3 Å². The van der Waals surface area contributed by atoms with Crippen molar-refractivity contribution in [2.75, 3.05) is 6.54 Å². The lowest BCUT2D eigenvalue weighted by Gasteiger charge is -2.28. The molecule has 0 heterocycles. The summed E-state index contributed by atoms with van der Waals surface area (Å²) < 4.78 is 0. The molecule has 0 unspecified atom stereocenters. The first-order valence-corrected chi connectivity index (χ1v) is 6.09. The number of amides is 1. The van der Waals surface area contributed by atoms with E-state index < -0.39 is 0 Å². The van der Waals surface area contributed by atoms with Gasteiger partial charge in [-0.25, -0.2) is 0 Å². The maximum absolute atomic E-state index is 11.7. The van der Waals surface area contributed by atoms with E-state index in [1.165, 1.54) is 12.8 Å². The fraction of sp³-hybridized carbons (Fsp3) is 0.917. The third kappa shape index (κ3) is 4.71. The Labute approximate surface area is 105 Å². The zero-order valence-electron chi connectivity index (χ0n) is 10.4. The predicted octanol–water partition coefficient (Wildman–Crippen LogP) is 2.23. The summed E-state index contributed by atoms with van der Waals surface area (Å²) in [5, 5.41) is 3.13. The van der Waals surface area contributed by atoms with E-state index in [0.29, 0.717) is 18.9 Å². The fourth-order valence-corrected chi connectivity index (χ4v) is 2.21. The number of rotatable bonds is 5. The molecular weight excluding hydrogens is 224 g/mol. The lowest BCUT2D eigenvalue weighted by atomic mass is 9.97. The molecule has 0 radical (unpaired) electrons. The van der Waals surface area contributed by atoms with Gasteiger partial charge in [0.1, 0.15) is 0 Å². The third-order valence-electron chi connectivity index (χ3n) is 3.30. The highest BCUT2D eigenvalue weighted by Gasteiger charge is 2.33. The van der Waals surface area contributed by atoms with Crippen molar-refractivity contribution in [3.8, 4) is 0 Å². The first-order chi connectivity index (χ1) is 7.08. The number of nitrogens with two attached hydrogens (primary N) is 1. The Hall–Kier alpha value is -0.280. The molecule has 1 fully saturated rings. The molecule has 4 heteroatoms. The molecule has 0 aromatic rings. The molecular formula is C12H25ClN2O. The molecule has 3 N–H and O–H groups in total. The summed E-state index contributed by atoms with van der Waals surface area (Å²) in [6, 6.07) is 0. The Morgan fingerprint density at radius 3 is 2.38 bits per heavy atom. The van der Waals surface area contributed by atoms with Gasteiger partial charge >= 0.3 is 0 Å². The molecule has 96 valence electrons. The minimum absolute atomic E-state index is 0. The molecule has 0 aliphatic heterocycles. The van der Waals surface area contributed by atoms with Gasteiger partial charge in [-0.05, 0) is 25.2 Å². The highest BCUT2D eigenvalue weighted by molar-refractivity contribution is 5.85. The average Bonchev–Trinajstić information content (AvgIpc) is 2.64. The van der Waals surface area contributed by atoms with E-state index in [1.807, 2.05) is 0 Å². The molecule has 1 amide bonds. The van der Waals surface area contributed by atoms with Gasteiger partial charge in [0.25, 0.3) is 0 Å². The Morgan fingerprint density at radius 1 is 1.38 bits per heavy atom. The van der Waals surface area contributed by atoms with E-state index in [2.05, 4.69) is 19.2 Å². The van der Waals surface area contributed by atoms with Crippen LogP contribution >= 0.6 is 12.4 Å². The summed E-state index contributed by atoms with van der Waals surface area (Å²) in [6.45, 7) is 4.86. The summed E-state index contributed by atoms with van der Waals surface area (Å²) in [5.74, 6) is 0.768. The zero-order chi connectivity index (χ0) is 11.3. The van der Waals surface area contributed by atoms with Gasteiger partial charge in [0.15, 0.2) is 0 Å². The van der Waals surface area contributed by atoms with Gasteiger partial charge in [0.05, 0.1) is 5.54 Å². The van der Waals surface area contributed by atoms with E-state index >= 15 is 0 Å². The van der Waals surface area contributed by atoms with Crippen molar-refractivity contribution >= 4 is 18.3 Å². The Balaban J connectivity index is 0.00000225. The van der Waals surface area contributed by atoms with Crippen LogP contribution in [0.15, 0.2) is 0 Å².